The van der Waals surface area contributed by atoms with E-state index in [0.717, 1.165) is 34.9 Å². The van der Waals surface area contributed by atoms with Crippen molar-refractivity contribution in [1.82, 2.24) is 20.4 Å². The van der Waals surface area contributed by atoms with Crippen LogP contribution in [0.15, 0.2) is 41.2 Å². The molecular weight excluding hydrogens is 328 g/mol. The third-order valence-corrected chi connectivity index (χ3v) is 6.07. The predicted octanol–water partition coefficient (Wildman–Crippen LogP) is 3.18. The molecule has 5 rings (SSSR count). The van der Waals surface area contributed by atoms with Gasteiger partial charge in [0.15, 0.2) is 5.69 Å². The molecule has 2 aliphatic rings. The third kappa shape index (κ3) is 2.52. The molecule has 0 saturated carbocycles. The van der Waals surface area contributed by atoms with E-state index in [1.807, 2.05) is 24.3 Å². The van der Waals surface area contributed by atoms with Crippen LogP contribution in [0.5, 0.6) is 0 Å². The summed E-state index contributed by atoms with van der Waals surface area (Å²) in [5.74, 6) is -0.0884. The molecule has 0 radical (unpaired) electrons. The van der Waals surface area contributed by atoms with Gasteiger partial charge in [-0.3, -0.25) is 9.89 Å². The minimum absolute atomic E-state index is 0.0884. The zero-order chi connectivity index (χ0) is 17.7. The molecule has 2 saturated heterocycles. The number of piperidine rings is 1. The lowest BCUT2D eigenvalue weighted by Gasteiger charge is -2.36. The second-order valence-corrected chi connectivity index (χ2v) is 7.54. The molecule has 2 unspecified atom stereocenters. The highest BCUT2D eigenvalue weighted by atomic mass is 16.3. The minimum Gasteiger partial charge on any atom is -0.472 e. The number of H-pyrrole nitrogens is 1. The highest BCUT2D eigenvalue weighted by Crippen LogP contribution is 2.34. The van der Waals surface area contributed by atoms with Crippen LogP contribution in [0.1, 0.15) is 36.2 Å². The first-order valence-corrected chi connectivity index (χ1v) is 9.22. The molecule has 3 aromatic rings. The Morgan fingerprint density at radius 3 is 2.77 bits per heavy atom. The summed E-state index contributed by atoms with van der Waals surface area (Å²) in [7, 11) is 2.21. The molecule has 6 nitrogen and oxygen atoms in total. The minimum atomic E-state index is -0.0884. The first-order chi connectivity index (χ1) is 12.7. The van der Waals surface area contributed by atoms with Crippen LogP contribution < -0.4 is 5.32 Å². The van der Waals surface area contributed by atoms with Gasteiger partial charge in [-0.15, -0.1) is 0 Å². The fraction of sp³-hybridized carbons (Fsp3) is 0.400. The van der Waals surface area contributed by atoms with E-state index in [4.69, 9.17) is 4.42 Å². The van der Waals surface area contributed by atoms with Crippen molar-refractivity contribution in [3.8, 4) is 11.1 Å². The van der Waals surface area contributed by atoms with Crippen LogP contribution in [0, 0.1) is 0 Å². The van der Waals surface area contributed by atoms with Crippen LogP contribution in [0.4, 0.5) is 0 Å². The number of rotatable bonds is 3. The van der Waals surface area contributed by atoms with E-state index in [0.29, 0.717) is 17.8 Å². The normalized spacial score (nSPS) is 25.7. The highest BCUT2D eigenvalue weighted by molar-refractivity contribution is 6.05. The number of hydrogen-bond donors (Lipinski definition) is 2. The van der Waals surface area contributed by atoms with Crippen molar-refractivity contribution in [3.05, 3.63) is 42.5 Å². The van der Waals surface area contributed by atoms with E-state index in [2.05, 4.69) is 27.5 Å². The fourth-order valence-electron chi connectivity index (χ4n) is 4.58. The molecule has 134 valence electrons. The smallest absolute Gasteiger partial charge is 0.272 e. The SMILES string of the molecule is CN1C2CCC1CC(NC(=O)c1n[nH]c3ccc(-c4ccoc4)cc13)C2. The van der Waals surface area contributed by atoms with Crippen molar-refractivity contribution in [2.45, 2.75) is 43.8 Å². The van der Waals surface area contributed by atoms with Crippen LogP contribution in [-0.2, 0) is 0 Å². The Morgan fingerprint density at radius 1 is 1.23 bits per heavy atom. The Hall–Kier alpha value is -2.60. The van der Waals surface area contributed by atoms with Crippen LogP contribution in [-0.4, -0.2) is 46.2 Å². The average Bonchev–Trinajstić information content (AvgIpc) is 3.34. The van der Waals surface area contributed by atoms with Gasteiger partial charge in [0.2, 0.25) is 0 Å². The number of nitrogens with one attached hydrogen (secondary N) is 2. The van der Waals surface area contributed by atoms with Gasteiger partial charge in [0, 0.05) is 29.1 Å². The van der Waals surface area contributed by atoms with Gasteiger partial charge in [-0.05, 0) is 56.5 Å². The fourth-order valence-corrected chi connectivity index (χ4v) is 4.58. The number of fused-ring (bicyclic) bond motifs is 3. The molecule has 2 aliphatic heterocycles. The van der Waals surface area contributed by atoms with E-state index >= 15 is 0 Å². The summed E-state index contributed by atoms with van der Waals surface area (Å²) in [5, 5.41) is 11.3. The molecule has 2 aromatic heterocycles. The largest absolute Gasteiger partial charge is 0.472 e. The summed E-state index contributed by atoms with van der Waals surface area (Å²) in [6.45, 7) is 0. The second-order valence-electron chi connectivity index (χ2n) is 7.54. The Morgan fingerprint density at radius 2 is 2.04 bits per heavy atom. The van der Waals surface area contributed by atoms with Gasteiger partial charge in [-0.1, -0.05) is 6.07 Å². The number of aromatic nitrogens is 2. The number of hydrogen-bond acceptors (Lipinski definition) is 4. The first kappa shape index (κ1) is 15.6. The van der Waals surface area contributed by atoms with Crippen LogP contribution in [0.2, 0.25) is 0 Å². The maximum atomic E-state index is 12.9. The maximum absolute atomic E-state index is 12.9. The number of nitrogens with zero attached hydrogens (tertiary/aromatic N) is 2. The lowest BCUT2D eigenvalue weighted by atomic mass is 9.97. The van der Waals surface area contributed by atoms with Crippen LogP contribution in [0.25, 0.3) is 22.0 Å². The van der Waals surface area contributed by atoms with Crippen molar-refractivity contribution in [2.24, 2.45) is 0 Å². The number of carbonyl (C=O) groups excluding carboxylic acids is 1. The van der Waals surface area contributed by atoms with E-state index in [1.54, 1.807) is 12.5 Å². The molecular formula is C20H22N4O2. The van der Waals surface area contributed by atoms with Crippen molar-refractivity contribution < 1.29 is 9.21 Å². The van der Waals surface area contributed by atoms with Gasteiger partial charge in [-0.2, -0.15) is 5.10 Å². The Balaban J connectivity index is 1.40. The monoisotopic (exact) mass is 350 g/mol. The van der Waals surface area contributed by atoms with Crippen molar-refractivity contribution in [2.75, 3.05) is 7.05 Å². The summed E-state index contributed by atoms with van der Waals surface area (Å²) in [6, 6.07) is 9.30. The summed E-state index contributed by atoms with van der Waals surface area (Å²) < 4.78 is 5.17. The zero-order valence-electron chi connectivity index (χ0n) is 14.7. The quantitative estimate of drug-likeness (QED) is 0.761. The lowest BCUT2D eigenvalue weighted by Crippen LogP contribution is -2.48. The summed E-state index contributed by atoms with van der Waals surface area (Å²) in [6.07, 6.45) is 7.90. The third-order valence-electron chi connectivity index (χ3n) is 6.07. The van der Waals surface area contributed by atoms with E-state index < -0.39 is 0 Å². The highest BCUT2D eigenvalue weighted by Gasteiger charge is 2.39. The van der Waals surface area contributed by atoms with Crippen LogP contribution >= 0.6 is 0 Å². The Labute approximate surface area is 151 Å². The van der Waals surface area contributed by atoms with Crippen molar-refractivity contribution >= 4 is 16.8 Å². The van der Waals surface area contributed by atoms with E-state index in [-0.39, 0.29) is 11.9 Å². The summed E-state index contributed by atoms with van der Waals surface area (Å²) in [5.41, 5.74) is 3.34. The number of aromatic amines is 1. The Bertz CT molecular complexity index is 932. The molecule has 1 amide bonds. The number of furan rings is 1. The molecule has 1 aromatic carbocycles. The number of benzene rings is 1. The van der Waals surface area contributed by atoms with Crippen molar-refractivity contribution in [1.29, 1.82) is 0 Å². The van der Waals surface area contributed by atoms with Gasteiger partial charge in [-0.25, -0.2) is 0 Å². The van der Waals surface area contributed by atoms with E-state index in [1.165, 1.54) is 12.8 Å². The summed E-state index contributed by atoms with van der Waals surface area (Å²) in [4.78, 5) is 15.4. The van der Waals surface area contributed by atoms with Crippen LogP contribution in [0.3, 0.4) is 0 Å². The van der Waals surface area contributed by atoms with Gasteiger partial charge in [0.1, 0.15) is 0 Å². The topological polar surface area (TPSA) is 74.2 Å². The number of carbonyl (C=O) groups is 1. The van der Waals surface area contributed by atoms with Gasteiger partial charge < -0.3 is 14.6 Å². The molecule has 0 spiro atoms. The van der Waals surface area contributed by atoms with E-state index in [9.17, 15) is 4.79 Å². The molecule has 0 aliphatic carbocycles. The molecule has 2 atom stereocenters. The second kappa shape index (κ2) is 5.99. The molecule has 6 heteroatoms. The zero-order valence-corrected chi connectivity index (χ0v) is 14.7. The van der Waals surface area contributed by atoms with Gasteiger partial charge >= 0.3 is 0 Å². The lowest BCUT2D eigenvalue weighted by molar-refractivity contribution is 0.0879. The van der Waals surface area contributed by atoms with Gasteiger partial charge in [0.05, 0.1) is 18.0 Å². The molecule has 4 heterocycles. The number of amides is 1. The predicted molar refractivity (Wildman–Crippen MR) is 98.9 cm³/mol. The Kier molecular flexibility index (Phi) is 3.60. The molecule has 2 N–H and O–H groups in total. The maximum Gasteiger partial charge on any atom is 0.272 e. The molecule has 26 heavy (non-hydrogen) atoms. The standard InChI is InChI=1S/C20H22N4O2/c1-24-15-3-4-16(24)10-14(9-15)21-20(25)19-17-8-12(13-6-7-26-11-13)2-5-18(17)22-23-19/h2,5-8,11,14-16H,3-4,9-10H2,1H3,(H,21,25)(H,22,23). The first-order valence-electron chi connectivity index (χ1n) is 9.22. The molecule has 2 fully saturated rings. The van der Waals surface area contributed by atoms with Crippen molar-refractivity contribution in [3.63, 3.8) is 0 Å². The molecule has 2 bridgehead atoms. The summed E-state index contributed by atoms with van der Waals surface area (Å²) >= 11 is 0. The van der Waals surface area contributed by atoms with Gasteiger partial charge in [0.25, 0.3) is 5.91 Å². The average molecular weight is 350 g/mol.